The average molecular weight is 300 g/mol. The predicted molar refractivity (Wildman–Crippen MR) is 85.4 cm³/mol. The van der Waals surface area contributed by atoms with Crippen molar-refractivity contribution in [1.29, 1.82) is 0 Å². The van der Waals surface area contributed by atoms with Crippen molar-refractivity contribution in [3.8, 4) is 0 Å². The fraction of sp³-hybridized carbons (Fsp3) is 1.00. The zero-order valence-electron chi connectivity index (χ0n) is 13.7. The SMILES string of the molecule is CCCNCC1CCC(COCCCN2CCC(F)C2)C1. The summed E-state index contributed by atoms with van der Waals surface area (Å²) in [6, 6.07) is 0. The first-order chi connectivity index (χ1) is 10.3. The number of alkyl halides is 1. The van der Waals surface area contributed by atoms with Crippen LogP contribution >= 0.6 is 0 Å². The summed E-state index contributed by atoms with van der Waals surface area (Å²) >= 11 is 0. The summed E-state index contributed by atoms with van der Waals surface area (Å²) in [6.07, 6.45) is 6.40. The van der Waals surface area contributed by atoms with Crippen LogP contribution in [0.15, 0.2) is 0 Å². The van der Waals surface area contributed by atoms with Crippen LogP contribution in [0.3, 0.4) is 0 Å². The van der Waals surface area contributed by atoms with E-state index < -0.39 is 6.17 Å². The third kappa shape index (κ3) is 6.62. The van der Waals surface area contributed by atoms with Crippen LogP contribution in [0.4, 0.5) is 4.39 Å². The lowest BCUT2D eigenvalue weighted by molar-refractivity contribution is 0.0918. The Hall–Kier alpha value is -0.190. The molecule has 1 aliphatic carbocycles. The maximum Gasteiger partial charge on any atom is 0.114 e. The first kappa shape index (κ1) is 17.2. The van der Waals surface area contributed by atoms with E-state index in [1.54, 1.807) is 0 Å². The molecule has 0 amide bonds. The highest BCUT2D eigenvalue weighted by Crippen LogP contribution is 2.30. The molecule has 0 aromatic heterocycles. The van der Waals surface area contributed by atoms with Crippen LogP contribution in [0, 0.1) is 11.8 Å². The number of rotatable bonds is 10. The second-order valence-electron chi connectivity index (χ2n) is 6.86. The van der Waals surface area contributed by atoms with Crippen LogP contribution in [0.5, 0.6) is 0 Å². The van der Waals surface area contributed by atoms with Gasteiger partial charge in [0.05, 0.1) is 0 Å². The molecule has 0 spiro atoms. The highest BCUT2D eigenvalue weighted by molar-refractivity contribution is 4.77. The third-order valence-electron chi connectivity index (χ3n) is 4.84. The van der Waals surface area contributed by atoms with E-state index in [2.05, 4.69) is 17.1 Å². The lowest BCUT2D eigenvalue weighted by Gasteiger charge is -2.15. The highest BCUT2D eigenvalue weighted by Gasteiger charge is 2.24. The van der Waals surface area contributed by atoms with Gasteiger partial charge in [0, 0.05) is 32.8 Å². The molecule has 1 saturated heterocycles. The van der Waals surface area contributed by atoms with E-state index in [9.17, 15) is 4.39 Å². The number of ether oxygens (including phenoxy) is 1. The van der Waals surface area contributed by atoms with E-state index in [1.165, 1.54) is 32.2 Å². The molecule has 21 heavy (non-hydrogen) atoms. The van der Waals surface area contributed by atoms with Gasteiger partial charge in [-0.25, -0.2) is 4.39 Å². The topological polar surface area (TPSA) is 24.5 Å². The van der Waals surface area contributed by atoms with Crippen molar-refractivity contribution in [2.45, 2.75) is 51.6 Å². The molecule has 1 N–H and O–H groups in total. The van der Waals surface area contributed by atoms with Crippen molar-refractivity contribution in [2.75, 3.05) is 45.9 Å². The summed E-state index contributed by atoms with van der Waals surface area (Å²) in [5, 5.41) is 3.53. The molecule has 3 atom stereocenters. The largest absolute Gasteiger partial charge is 0.381 e. The molecule has 1 aliphatic heterocycles. The number of nitrogens with one attached hydrogen (secondary N) is 1. The minimum Gasteiger partial charge on any atom is -0.381 e. The summed E-state index contributed by atoms with van der Waals surface area (Å²) in [6.45, 7) is 8.87. The third-order valence-corrected chi connectivity index (χ3v) is 4.84. The minimum absolute atomic E-state index is 0.595. The zero-order valence-corrected chi connectivity index (χ0v) is 13.7. The van der Waals surface area contributed by atoms with Gasteiger partial charge < -0.3 is 15.0 Å². The van der Waals surface area contributed by atoms with Crippen LogP contribution in [-0.2, 0) is 4.74 Å². The Morgan fingerprint density at radius 2 is 2.10 bits per heavy atom. The molecule has 2 rings (SSSR count). The van der Waals surface area contributed by atoms with Crippen molar-refractivity contribution in [3.63, 3.8) is 0 Å². The maximum atomic E-state index is 13.0. The van der Waals surface area contributed by atoms with Crippen molar-refractivity contribution < 1.29 is 9.13 Å². The quantitative estimate of drug-likeness (QED) is 0.628. The molecular formula is C17H33FN2O. The van der Waals surface area contributed by atoms with Crippen LogP contribution in [0.25, 0.3) is 0 Å². The van der Waals surface area contributed by atoms with Crippen molar-refractivity contribution in [3.05, 3.63) is 0 Å². The monoisotopic (exact) mass is 300 g/mol. The highest BCUT2D eigenvalue weighted by atomic mass is 19.1. The summed E-state index contributed by atoms with van der Waals surface area (Å²) in [7, 11) is 0. The van der Waals surface area contributed by atoms with Crippen LogP contribution in [0.1, 0.15) is 45.4 Å². The Morgan fingerprint density at radius 1 is 1.24 bits per heavy atom. The predicted octanol–water partition coefficient (Wildman–Crippen LogP) is 2.85. The summed E-state index contributed by atoms with van der Waals surface area (Å²) in [4.78, 5) is 2.22. The number of likely N-dealkylation sites (tertiary alicyclic amines) is 1. The molecule has 3 unspecified atom stereocenters. The summed E-state index contributed by atoms with van der Waals surface area (Å²) in [5.41, 5.74) is 0. The van der Waals surface area contributed by atoms with E-state index in [4.69, 9.17) is 4.74 Å². The molecule has 4 heteroatoms. The molecule has 0 aromatic rings. The van der Waals surface area contributed by atoms with Crippen LogP contribution < -0.4 is 5.32 Å². The van der Waals surface area contributed by atoms with Crippen molar-refractivity contribution in [1.82, 2.24) is 10.2 Å². The number of hydrogen-bond acceptors (Lipinski definition) is 3. The molecule has 0 aromatic carbocycles. The van der Waals surface area contributed by atoms with Gasteiger partial charge in [-0.3, -0.25) is 0 Å². The fourth-order valence-electron chi connectivity index (χ4n) is 3.63. The number of halogens is 1. The van der Waals surface area contributed by atoms with Crippen molar-refractivity contribution in [2.24, 2.45) is 11.8 Å². The molecule has 2 fully saturated rings. The lowest BCUT2D eigenvalue weighted by Crippen LogP contribution is -2.23. The lowest BCUT2D eigenvalue weighted by atomic mass is 10.1. The van der Waals surface area contributed by atoms with E-state index >= 15 is 0 Å². The normalized spacial score (nSPS) is 30.3. The van der Waals surface area contributed by atoms with Gasteiger partial charge >= 0.3 is 0 Å². The Balaban J connectivity index is 1.43. The number of hydrogen-bond donors (Lipinski definition) is 1. The molecule has 3 nitrogen and oxygen atoms in total. The Labute approximate surface area is 129 Å². The summed E-state index contributed by atoms with van der Waals surface area (Å²) in [5.74, 6) is 1.62. The van der Waals surface area contributed by atoms with Gasteiger partial charge in [-0.2, -0.15) is 0 Å². The first-order valence-electron chi connectivity index (χ1n) is 8.92. The first-order valence-corrected chi connectivity index (χ1v) is 8.92. The van der Waals surface area contributed by atoms with Crippen molar-refractivity contribution >= 4 is 0 Å². The van der Waals surface area contributed by atoms with E-state index in [0.29, 0.717) is 6.54 Å². The molecule has 124 valence electrons. The van der Waals surface area contributed by atoms with Gasteiger partial charge in [-0.1, -0.05) is 6.92 Å². The zero-order chi connectivity index (χ0) is 14.9. The Morgan fingerprint density at radius 3 is 2.86 bits per heavy atom. The summed E-state index contributed by atoms with van der Waals surface area (Å²) < 4.78 is 18.9. The molecule has 0 radical (unpaired) electrons. The maximum absolute atomic E-state index is 13.0. The van der Waals surface area contributed by atoms with E-state index in [1.807, 2.05) is 0 Å². The molecule has 1 saturated carbocycles. The molecular weight excluding hydrogens is 267 g/mol. The van der Waals surface area contributed by atoms with Gasteiger partial charge in [0.15, 0.2) is 0 Å². The number of nitrogens with zero attached hydrogens (tertiary/aromatic N) is 1. The van der Waals surface area contributed by atoms with Gasteiger partial charge in [-0.15, -0.1) is 0 Å². The molecule has 2 aliphatic rings. The minimum atomic E-state index is -0.595. The van der Waals surface area contributed by atoms with E-state index in [-0.39, 0.29) is 0 Å². The van der Waals surface area contributed by atoms with Gasteiger partial charge in [0.2, 0.25) is 0 Å². The van der Waals surface area contributed by atoms with Gasteiger partial charge in [-0.05, 0) is 63.5 Å². The molecule has 1 heterocycles. The smallest absolute Gasteiger partial charge is 0.114 e. The van der Waals surface area contributed by atoms with Crippen LogP contribution in [-0.4, -0.2) is 57.0 Å². The fourth-order valence-corrected chi connectivity index (χ4v) is 3.63. The van der Waals surface area contributed by atoms with Gasteiger partial charge in [0.1, 0.15) is 6.17 Å². The standard InChI is InChI=1S/C17H33FN2O/c1-2-7-19-12-15-4-5-16(11-15)14-21-10-3-8-20-9-6-17(18)13-20/h15-17,19H,2-14H2,1H3. The second kappa shape index (κ2) is 9.75. The second-order valence-corrected chi connectivity index (χ2v) is 6.86. The van der Waals surface area contributed by atoms with Crippen LogP contribution in [0.2, 0.25) is 0 Å². The van der Waals surface area contributed by atoms with E-state index in [0.717, 1.165) is 57.5 Å². The average Bonchev–Trinajstić information content (AvgIpc) is 3.08. The Kier molecular flexibility index (Phi) is 7.97. The van der Waals surface area contributed by atoms with Gasteiger partial charge in [0.25, 0.3) is 0 Å². The Bertz CT molecular complexity index is 278. The molecule has 0 bridgehead atoms.